The van der Waals surface area contributed by atoms with Crippen LogP contribution < -0.4 is 0 Å². The number of unbranched alkanes of at least 4 members (excludes halogenated alkanes) is 1. The zero-order valence-electron chi connectivity index (χ0n) is 12.7. The highest BCUT2D eigenvalue weighted by Crippen LogP contribution is 2.38. The molecule has 0 N–H and O–H groups in total. The first-order valence-electron chi connectivity index (χ1n) is 7.78. The zero-order chi connectivity index (χ0) is 14.8. The Morgan fingerprint density at radius 3 is 2.62 bits per heavy atom. The minimum absolute atomic E-state index is 1.04. The summed E-state index contributed by atoms with van der Waals surface area (Å²) in [5.41, 5.74) is 8.27. The van der Waals surface area contributed by atoms with Gasteiger partial charge in [0.1, 0.15) is 0 Å². The van der Waals surface area contributed by atoms with Gasteiger partial charge in [-0.2, -0.15) is 0 Å². The third kappa shape index (κ3) is 2.85. The molecule has 0 fully saturated rings. The second-order valence-electron chi connectivity index (χ2n) is 5.85. The van der Waals surface area contributed by atoms with Crippen LogP contribution in [0.5, 0.6) is 0 Å². The Balaban J connectivity index is 1.99. The van der Waals surface area contributed by atoms with Crippen LogP contribution in [0.3, 0.4) is 0 Å². The number of halogens is 1. The summed E-state index contributed by atoms with van der Waals surface area (Å²) in [6.45, 7) is 4.43. The average molecular weight is 341 g/mol. The number of aryl methyl sites for hydroxylation is 2. The molecule has 0 aromatic heterocycles. The van der Waals surface area contributed by atoms with Gasteiger partial charge in [-0.3, -0.25) is 0 Å². The third-order valence-corrected chi connectivity index (χ3v) is 5.38. The summed E-state index contributed by atoms with van der Waals surface area (Å²) in [5.74, 6) is 0. The highest BCUT2D eigenvalue weighted by atomic mass is 79.9. The predicted molar refractivity (Wildman–Crippen MR) is 95.7 cm³/mol. The number of hydrogen-bond donors (Lipinski definition) is 0. The van der Waals surface area contributed by atoms with E-state index in [2.05, 4.69) is 72.3 Å². The fourth-order valence-electron chi connectivity index (χ4n) is 3.03. The van der Waals surface area contributed by atoms with Crippen LogP contribution in [-0.4, -0.2) is 0 Å². The first-order chi connectivity index (χ1) is 10.2. The van der Waals surface area contributed by atoms with Crippen LogP contribution in [-0.2, 0) is 12.8 Å². The lowest BCUT2D eigenvalue weighted by Gasteiger charge is -2.13. The monoisotopic (exact) mass is 340 g/mol. The van der Waals surface area contributed by atoms with E-state index in [1.807, 2.05) is 0 Å². The van der Waals surface area contributed by atoms with Gasteiger partial charge < -0.3 is 0 Å². The average Bonchev–Trinajstić information content (AvgIpc) is 2.99. The summed E-state index contributed by atoms with van der Waals surface area (Å²) >= 11 is 3.74. The molecule has 2 aromatic rings. The molecule has 2 aromatic carbocycles. The highest BCUT2D eigenvalue weighted by molar-refractivity contribution is 9.10. The lowest BCUT2D eigenvalue weighted by Crippen LogP contribution is -1.93. The van der Waals surface area contributed by atoms with E-state index < -0.39 is 0 Å². The van der Waals surface area contributed by atoms with Crippen LogP contribution in [0.2, 0.25) is 0 Å². The Hall–Kier alpha value is -1.34. The first kappa shape index (κ1) is 14.6. The fourth-order valence-corrected chi connectivity index (χ4v) is 3.52. The third-order valence-electron chi connectivity index (χ3n) is 4.28. The summed E-state index contributed by atoms with van der Waals surface area (Å²) in [6, 6.07) is 11.4. The minimum Gasteiger partial charge on any atom is -0.0794 e. The molecule has 3 rings (SSSR count). The van der Waals surface area contributed by atoms with Crippen molar-refractivity contribution >= 4 is 22.0 Å². The molecule has 0 unspecified atom stereocenters. The van der Waals surface area contributed by atoms with E-state index in [0.29, 0.717) is 0 Å². The molecule has 0 saturated carbocycles. The van der Waals surface area contributed by atoms with Gasteiger partial charge in [0, 0.05) is 4.47 Å². The molecule has 0 nitrogen and oxygen atoms in total. The van der Waals surface area contributed by atoms with Gasteiger partial charge in [0.25, 0.3) is 0 Å². The van der Waals surface area contributed by atoms with Crippen molar-refractivity contribution < 1.29 is 0 Å². The Morgan fingerprint density at radius 2 is 1.90 bits per heavy atom. The van der Waals surface area contributed by atoms with Crippen molar-refractivity contribution in [2.75, 3.05) is 0 Å². The molecule has 108 valence electrons. The number of benzene rings is 2. The van der Waals surface area contributed by atoms with Crippen molar-refractivity contribution in [3.8, 4) is 11.1 Å². The molecule has 0 bridgehead atoms. The summed E-state index contributed by atoms with van der Waals surface area (Å²) in [5, 5.41) is 0. The van der Waals surface area contributed by atoms with Gasteiger partial charge in [-0.1, -0.05) is 65.7 Å². The molecular formula is C20H21Br. The van der Waals surface area contributed by atoms with Crippen LogP contribution >= 0.6 is 15.9 Å². The van der Waals surface area contributed by atoms with Crippen LogP contribution in [0.25, 0.3) is 17.2 Å². The SMILES string of the molecule is CCCCc1ccc(-c2cc(C)c(Br)c3c2C=CC3)cc1. The Morgan fingerprint density at radius 1 is 1.14 bits per heavy atom. The Kier molecular flexibility index (Phi) is 4.30. The predicted octanol–water partition coefficient (Wildman–Crippen LogP) is 6.34. The molecule has 0 aliphatic heterocycles. The molecule has 1 heteroatoms. The van der Waals surface area contributed by atoms with Crippen molar-refractivity contribution in [1.29, 1.82) is 0 Å². The quantitative estimate of drug-likeness (QED) is 0.609. The first-order valence-corrected chi connectivity index (χ1v) is 8.58. The summed E-state index contributed by atoms with van der Waals surface area (Å²) in [7, 11) is 0. The number of fused-ring (bicyclic) bond motifs is 1. The zero-order valence-corrected chi connectivity index (χ0v) is 14.3. The molecular weight excluding hydrogens is 320 g/mol. The maximum absolute atomic E-state index is 3.74. The maximum atomic E-state index is 3.74. The molecule has 0 saturated heterocycles. The van der Waals surface area contributed by atoms with Gasteiger partial charge in [0.2, 0.25) is 0 Å². The van der Waals surface area contributed by atoms with Crippen molar-refractivity contribution in [3.63, 3.8) is 0 Å². The van der Waals surface area contributed by atoms with Crippen LogP contribution in [0.15, 0.2) is 40.9 Å². The van der Waals surface area contributed by atoms with E-state index in [4.69, 9.17) is 0 Å². The smallest absolute Gasteiger partial charge is 0.0246 e. The second kappa shape index (κ2) is 6.19. The second-order valence-corrected chi connectivity index (χ2v) is 6.65. The molecule has 1 aliphatic carbocycles. The maximum Gasteiger partial charge on any atom is 0.0246 e. The van der Waals surface area contributed by atoms with Crippen molar-refractivity contribution in [1.82, 2.24) is 0 Å². The van der Waals surface area contributed by atoms with Crippen LogP contribution in [0, 0.1) is 6.92 Å². The largest absolute Gasteiger partial charge is 0.0794 e. The van der Waals surface area contributed by atoms with E-state index in [1.165, 1.54) is 57.1 Å². The van der Waals surface area contributed by atoms with Gasteiger partial charge in [-0.25, -0.2) is 0 Å². The number of allylic oxidation sites excluding steroid dienone is 1. The lowest BCUT2D eigenvalue weighted by molar-refractivity contribution is 0.795. The summed E-state index contributed by atoms with van der Waals surface area (Å²) < 4.78 is 1.27. The van der Waals surface area contributed by atoms with Crippen molar-refractivity contribution in [2.45, 2.75) is 39.5 Å². The van der Waals surface area contributed by atoms with Crippen LogP contribution in [0.4, 0.5) is 0 Å². The molecule has 21 heavy (non-hydrogen) atoms. The van der Waals surface area contributed by atoms with E-state index in [-0.39, 0.29) is 0 Å². The number of hydrogen-bond acceptors (Lipinski definition) is 0. The molecule has 0 atom stereocenters. The Bertz CT molecular complexity index is 678. The van der Waals surface area contributed by atoms with E-state index in [0.717, 1.165) is 6.42 Å². The lowest BCUT2D eigenvalue weighted by atomic mass is 9.94. The van der Waals surface area contributed by atoms with Gasteiger partial charge in [0.05, 0.1) is 0 Å². The normalized spacial score (nSPS) is 12.7. The minimum atomic E-state index is 1.04. The van der Waals surface area contributed by atoms with Crippen molar-refractivity contribution in [2.24, 2.45) is 0 Å². The van der Waals surface area contributed by atoms with E-state index >= 15 is 0 Å². The van der Waals surface area contributed by atoms with Gasteiger partial charge in [-0.05, 0) is 65.6 Å². The number of rotatable bonds is 4. The van der Waals surface area contributed by atoms with E-state index in [9.17, 15) is 0 Å². The van der Waals surface area contributed by atoms with Gasteiger partial charge in [-0.15, -0.1) is 0 Å². The van der Waals surface area contributed by atoms with Gasteiger partial charge >= 0.3 is 0 Å². The highest BCUT2D eigenvalue weighted by Gasteiger charge is 2.16. The topological polar surface area (TPSA) is 0 Å². The summed E-state index contributed by atoms with van der Waals surface area (Å²) in [6.07, 6.45) is 9.28. The van der Waals surface area contributed by atoms with Gasteiger partial charge in [0.15, 0.2) is 0 Å². The molecule has 1 aliphatic rings. The molecule has 0 radical (unpaired) electrons. The standard InChI is InChI=1S/C20H21Br/c1-3-4-6-15-9-11-16(12-10-15)19-13-14(2)20(21)18-8-5-7-17(18)19/h5,7,9-13H,3-4,6,8H2,1-2H3. The molecule has 0 spiro atoms. The van der Waals surface area contributed by atoms with Crippen LogP contribution in [0.1, 0.15) is 42.0 Å². The molecule has 0 heterocycles. The molecule has 0 amide bonds. The van der Waals surface area contributed by atoms with E-state index in [1.54, 1.807) is 0 Å². The Labute approximate surface area is 136 Å². The summed E-state index contributed by atoms with van der Waals surface area (Å²) in [4.78, 5) is 0. The van der Waals surface area contributed by atoms with Crippen molar-refractivity contribution in [3.05, 3.63) is 63.1 Å². The fraction of sp³-hybridized carbons (Fsp3) is 0.300.